The molecule has 0 aliphatic carbocycles. The van der Waals surface area contributed by atoms with Crippen LogP contribution in [0.25, 0.3) is 11.3 Å². The molecule has 3 rings (SSSR count). The van der Waals surface area contributed by atoms with Crippen molar-refractivity contribution >= 4 is 28.3 Å². The fourth-order valence-corrected chi connectivity index (χ4v) is 3.30. The van der Waals surface area contributed by atoms with Crippen molar-refractivity contribution in [1.82, 2.24) is 10.3 Å². The van der Waals surface area contributed by atoms with Gasteiger partial charge in [0.05, 0.1) is 19.3 Å². The Kier molecular flexibility index (Phi) is 6.39. The van der Waals surface area contributed by atoms with E-state index >= 15 is 0 Å². The van der Waals surface area contributed by atoms with Crippen LogP contribution < -0.4 is 15.4 Å². The smallest absolute Gasteiger partial charge is 0.251 e. The summed E-state index contributed by atoms with van der Waals surface area (Å²) in [5, 5.41) is 7.69. The van der Waals surface area contributed by atoms with Crippen molar-refractivity contribution in [2.24, 2.45) is 0 Å². The van der Waals surface area contributed by atoms with Gasteiger partial charge >= 0.3 is 0 Å². The van der Waals surface area contributed by atoms with Gasteiger partial charge in [0.2, 0.25) is 5.91 Å². The van der Waals surface area contributed by atoms with Crippen molar-refractivity contribution < 1.29 is 14.3 Å². The molecule has 1 aromatic heterocycles. The molecule has 2 amide bonds. The van der Waals surface area contributed by atoms with Gasteiger partial charge in [-0.1, -0.05) is 37.3 Å². The van der Waals surface area contributed by atoms with Crippen LogP contribution in [-0.2, 0) is 11.2 Å². The summed E-state index contributed by atoms with van der Waals surface area (Å²) in [7, 11) is 1.53. The predicted molar refractivity (Wildman–Crippen MR) is 111 cm³/mol. The zero-order chi connectivity index (χ0) is 19.9. The zero-order valence-corrected chi connectivity index (χ0v) is 16.5. The molecule has 28 heavy (non-hydrogen) atoms. The lowest BCUT2D eigenvalue weighted by atomic mass is 10.1. The minimum Gasteiger partial charge on any atom is -0.497 e. The summed E-state index contributed by atoms with van der Waals surface area (Å²) in [6.07, 6.45) is 0.986. The summed E-state index contributed by atoms with van der Waals surface area (Å²) >= 11 is 1.35. The second-order valence-corrected chi connectivity index (χ2v) is 6.91. The molecule has 6 nitrogen and oxygen atoms in total. The molecule has 0 aliphatic heterocycles. The van der Waals surface area contributed by atoms with Crippen molar-refractivity contribution in [2.45, 2.75) is 13.3 Å². The number of nitrogens with zero attached hydrogens (tertiary/aromatic N) is 1. The molecule has 0 radical (unpaired) electrons. The number of aromatic nitrogens is 1. The van der Waals surface area contributed by atoms with Crippen LogP contribution in [0.4, 0.5) is 5.13 Å². The molecule has 0 saturated heterocycles. The second kappa shape index (κ2) is 9.14. The number of carbonyl (C=O) groups is 2. The summed E-state index contributed by atoms with van der Waals surface area (Å²) in [6.45, 7) is 1.97. The van der Waals surface area contributed by atoms with Gasteiger partial charge in [-0.3, -0.25) is 9.59 Å². The van der Waals surface area contributed by atoms with Crippen molar-refractivity contribution in [3.05, 3.63) is 65.0 Å². The first-order chi connectivity index (χ1) is 13.6. The van der Waals surface area contributed by atoms with E-state index in [1.54, 1.807) is 24.3 Å². The Bertz CT molecular complexity index is 967. The third-order valence-corrected chi connectivity index (χ3v) is 4.91. The highest BCUT2D eigenvalue weighted by Gasteiger charge is 2.11. The number of nitrogens with one attached hydrogen (secondary N) is 2. The first-order valence-electron chi connectivity index (χ1n) is 8.86. The molecule has 0 bridgehead atoms. The summed E-state index contributed by atoms with van der Waals surface area (Å²) < 4.78 is 5.10. The lowest BCUT2D eigenvalue weighted by Gasteiger charge is -2.06. The number of carbonyl (C=O) groups excluding carboxylic acids is 2. The van der Waals surface area contributed by atoms with E-state index in [1.165, 1.54) is 24.0 Å². The summed E-state index contributed by atoms with van der Waals surface area (Å²) in [5.41, 5.74) is 3.50. The van der Waals surface area contributed by atoms with E-state index in [0.717, 1.165) is 17.7 Å². The number of hydrogen-bond donors (Lipinski definition) is 2. The monoisotopic (exact) mass is 395 g/mol. The maximum Gasteiger partial charge on any atom is 0.251 e. The lowest BCUT2D eigenvalue weighted by molar-refractivity contribution is -0.115. The molecule has 0 aliphatic rings. The van der Waals surface area contributed by atoms with Crippen molar-refractivity contribution in [1.29, 1.82) is 0 Å². The number of hydrogen-bond acceptors (Lipinski definition) is 5. The van der Waals surface area contributed by atoms with Gasteiger partial charge in [-0.2, -0.15) is 0 Å². The largest absolute Gasteiger partial charge is 0.497 e. The van der Waals surface area contributed by atoms with Crippen LogP contribution >= 0.6 is 11.3 Å². The van der Waals surface area contributed by atoms with Crippen LogP contribution in [0.5, 0.6) is 5.75 Å². The molecule has 0 saturated carbocycles. The molecule has 2 aromatic carbocycles. The molecular weight excluding hydrogens is 374 g/mol. The molecule has 0 atom stereocenters. The summed E-state index contributed by atoms with van der Waals surface area (Å²) in [5.74, 6) is -0.0947. The first kappa shape index (κ1) is 19.6. The SMILES string of the molecule is CCc1ccc(-c2csc(NC(=O)CNC(=O)c3cccc(OC)c3)n2)cc1. The Balaban J connectivity index is 1.54. The Morgan fingerprint density at radius 3 is 2.64 bits per heavy atom. The van der Waals surface area contributed by atoms with Crippen molar-refractivity contribution in [3.63, 3.8) is 0 Å². The van der Waals surface area contributed by atoms with E-state index in [1.807, 2.05) is 17.5 Å². The minimum absolute atomic E-state index is 0.143. The molecule has 3 aromatic rings. The average Bonchev–Trinajstić information content (AvgIpc) is 3.20. The van der Waals surface area contributed by atoms with Gasteiger partial charge in [0.15, 0.2) is 5.13 Å². The summed E-state index contributed by atoms with van der Waals surface area (Å²) in [6, 6.07) is 14.9. The van der Waals surface area contributed by atoms with Gasteiger partial charge in [0, 0.05) is 16.5 Å². The van der Waals surface area contributed by atoms with Gasteiger partial charge in [0.1, 0.15) is 5.75 Å². The average molecular weight is 395 g/mol. The fraction of sp³-hybridized carbons (Fsp3) is 0.190. The van der Waals surface area contributed by atoms with E-state index in [4.69, 9.17) is 4.74 Å². The molecule has 0 fully saturated rings. The van der Waals surface area contributed by atoms with E-state index in [0.29, 0.717) is 16.4 Å². The zero-order valence-electron chi connectivity index (χ0n) is 15.7. The topological polar surface area (TPSA) is 80.3 Å². The second-order valence-electron chi connectivity index (χ2n) is 6.05. The standard InChI is InChI=1S/C21H21N3O3S/c1-3-14-7-9-15(10-8-14)18-13-28-21(23-18)24-19(25)12-22-20(26)16-5-4-6-17(11-16)27-2/h4-11,13H,3,12H2,1-2H3,(H,22,26)(H,23,24,25). The number of ether oxygens (including phenoxy) is 1. The fourth-order valence-electron chi connectivity index (χ4n) is 2.57. The summed E-state index contributed by atoms with van der Waals surface area (Å²) in [4.78, 5) is 28.7. The molecular formula is C21H21N3O3S. The van der Waals surface area contributed by atoms with Gasteiger partial charge in [0.25, 0.3) is 5.91 Å². The number of rotatable bonds is 7. The molecule has 1 heterocycles. The van der Waals surface area contributed by atoms with E-state index in [-0.39, 0.29) is 18.4 Å². The molecule has 144 valence electrons. The van der Waals surface area contributed by atoms with Gasteiger partial charge in [-0.05, 0) is 30.2 Å². The Hall–Kier alpha value is -3.19. The molecule has 7 heteroatoms. The van der Waals surface area contributed by atoms with E-state index in [2.05, 4.69) is 34.7 Å². The number of benzene rings is 2. The quantitative estimate of drug-likeness (QED) is 0.638. The normalized spacial score (nSPS) is 10.4. The molecule has 2 N–H and O–H groups in total. The Morgan fingerprint density at radius 2 is 1.93 bits per heavy atom. The highest BCUT2D eigenvalue weighted by Crippen LogP contribution is 2.25. The minimum atomic E-state index is -0.343. The first-order valence-corrected chi connectivity index (χ1v) is 9.74. The lowest BCUT2D eigenvalue weighted by Crippen LogP contribution is -2.32. The van der Waals surface area contributed by atoms with Crippen LogP contribution in [-0.4, -0.2) is 30.5 Å². The Morgan fingerprint density at radius 1 is 1.14 bits per heavy atom. The highest BCUT2D eigenvalue weighted by atomic mass is 32.1. The number of thiazole rings is 1. The van der Waals surface area contributed by atoms with Crippen LogP contribution in [0.3, 0.4) is 0 Å². The van der Waals surface area contributed by atoms with Gasteiger partial charge < -0.3 is 15.4 Å². The number of methoxy groups -OCH3 is 1. The van der Waals surface area contributed by atoms with Crippen LogP contribution in [0.2, 0.25) is 0 Å². The molecule has 0 spiro atoms. The number of amides is 2. The Labute approximate surface area is 167 Å². The predicted octanol–water partition coefficient (Wildman–Crippen LogP) is 3.75. The van der Waals surface area contributed by atoms with Crippen molar-refractivity contribution in [3.8, 4) is 17.0 Å². The van der Waals surface area contributed by atoms with Gasteiger partial charge in [-0.25, -0.2) is 4.98 Å². The third-order valence-electron chi connectivity index (χ3n) is 4.15. The van der Waals surface area contributed by atoms with Crippen LogP contribution in [0.1, 0.15) is 22.8 Å². The number of anilines is 1. The van der Waals surface area contributed by atoms with E-state index in [9.17, 15) is 9.59 Å². The maximum atomic E-state index is 12.2. The molecule has 0 unspecified atom stereocenters. The number of aryl methyl sites for hydroxylation is 1. The maximum absolute atomic E-state index is 12.2. The van der Waals surface area contributed by atoms with Crippen molar-refractivity contribution in [2.75, 3.05) is 19.0 Å². The van der Waals surface area contributed by atoms with E-state index < -0.39 is 0 Å². The van der Waals surface area contributed by atoms with Gasteiger partial charge in [-0.15, -0.1) is 11.3 Å². The highest BCUT2D eigenvalue weighted by molar-refractivity contribution is 7.14. The van der Waals surface area contributed by atoms with Crippen LogP contribution in [0.15, 0.2) is 53.9 Å². The third kappa shape index (κ3) is 4.95. The van der Waals surface area contributed by atoms with Crippen LogP contribution in [0, 0.1) is 0 Å².